The topological polar surface area (TPSA) is 72.5 Å². The molecule has 0 aliphatic rings. The number of anilines is 1. The Morgan fingerprint density at radius 1 is 0.926 bits per heavy atom. The summed E-state index contributed by atoms with van der Waals surface area (Å²) >= 11 is 0. The first-order valence-electron chi connectivity index (χ1n) is 9.29. The number of sulfonamides is 1. The minimum Gasteiger partial charge on any atom is -0.462 e. The monoisotopic (exact) mass is 389 g/mol. The molecule has 27 heavy (non-hydrogen) atoms. The van der Waals surface area contributed by atoms with E-state index in [0.717, 1.165) is 24.8 Å². The summed E-state index contributed by atoms with van der Waals surface area (Å²) in [5.41, 5.74) is 1.79. The molecule has 5 nitrogen and oxygen atoms in total. The van der Waals surface area contributed by atoms with Crippen molar-refractivity contribution in [3.05, 3.63) is 59.7 Å². The Hall–Kier alpha value is -2.34. The maximum atomic E-state index is 12.4. The minimum absolute atomic E-state index is 0.194. The first-order valence-corrected chi connectivity index (χ1v) is 10.8. The van der Waals surface area contributed by atoms with Gasteiger partial charge in [-0.05, 0) is 49.7 Å². The van der Waals surface area contributed by atoms with Gasteiger partial charge in [-0.3, -0.25) is 4.72 Å². The molecule has 0 aliphatic heterocycles. The van der Waals surface area contributed by atoms with Gasteiger partial charge in [0.05, 0.1) is 17.1 Å². The molecule has 0 aliphatic carbocycles. The van der Waals surface area contributed by atoms with Crippen LogP contribution in [0.15, 0.2) is 53.4 Å². The number of carbonyl (C=O) groups is 1. The highest BCUT2D eigenvalue weighted by Gasteiger charge is 2.14. The number of nitrogens with one attached hydrogen (secondary N) is 1. The van der Waals surface area contributed by atoms with Gasteiger partial charge in [0.1, 0.15) is 0 Å². The molecule has 0 fully saturated rings. The van der Waals surface area contributed by atoms with Crippen molar-refractivity contribution < 1.29 is 17.9 Å². The quantitative estimate of drug-likeness (QED) is 0.462. The van der Waals surface area contributed by atoms with Crippen LogP contribution in [0.2, 0.25) is 0 Å². The first kappa shape index (κ1) is 21.0. The smallest absolute Gasteiger partial charge is 0.338 e. The van der Waals surface area contributed by atoms with Gasteiger partial charge < -0.3 is 4.74 Å². The highest BCUT2D eigenvalue weighted by atomic mass is 32.2. The number of benzene rings is 2. The van der Waals surface area contributed by atoms with E-state index >= 15 is 0 Å². The largest absolute Gasteiger partial charge is 0.462 e. The second kappa shape index (κ2) is 10.1. The van der Waals surface area contributed by atoms with E-state index < -0.39 is 16.0 Å². The standard InChI is InChI=1S/C21H27NO4S/c1-3-4-5-6-7-16-26-21(23)18-10-12-19(13-11-18)22-27(24,25)20-14-8-17(2)9-15-20/h8-15,22H,3-7,16H2,1-2H3. The molecule has 0 heterocycles. The summed E-state index contributed by atoms with van der Waals surface area (Å²) in [5.74, 6) is -0.390. The van der Waals surface area contributed by atoms with Gasteiger partial charge in [0.2, 0.25) is 0 Å². The third kappa shape index (κ3) is 6.71. The molecule has 2 rings (SSSR count). The summed E-state index contributed by atoms with van der Waals surface area (Å²) in [7, 11) is -3.65. The molecule has 1 N–H and O–H groups in total. The van der Waals surface area contributed by atoms with Crippen molar-refractivity contribution in [2.75, 3.05) is 11.3 Å². The van der Waals surface area contributed by atoms with Crippen LogP contribution < -0.4 is 4.72 Å². The number of esters is 1. The molecule has 0 saturated heterocycles. The van der Waals surface area contributed by atoms with Gasteiger partial charge in [-0.1, -0.05) is 50.3 Å². The van der Waals surface area contributed by atoms with E-state index in [2.05, 4.69) is 11.6 Å². The van der Waals surface area contributed by atoms with Gasteiger partial charge in [-0.15, -0.1) is 0 Å². The van der Waals surface area contributed by atoms with Crippen LogP contribution in [-0.2, 0) is 14.8 Å². The number of ether oxygens (including phenoxy) is 1. The molecular formula is C21H27NO4S. The molecule has 2 aromatic rings. The lowest BCUT2D eigenvalue weighted by atomic mass is 10.2. The van der Waals surface area contributed by atoms with Crippen molar-refractivity contribution in [1.82, 2.24) is 0 Å². The summed E-state index contributed by atoms with van der Waals surface area (Å²) in [4.78, 5) is 12.2. The minimum atomic E-state index is -3.65. The molecular weight excluding hydrogens is 362 g/mol. The highest BCUT2D eigenvalue weighted by Crippen LogP contribution is 2.17. The summed E-state index contributed by atoms with van der Waals surface area (Å²) in [5, 5.41) is 0. The van der Waals surface area contributed by atoms with Gasteiger partial charge in [-0.2, -0.15) is 0 Å². The van der Waals surface area contributed by atoms with E-state index in [1.807, 2.05) is 6.92 Å². The van der Waals surface area contributed by atoms with Crippen molar-refractivity contribution >= 4 is 21.7 Å². The molecule has 0 saturated carbocycles. The Balaban J connectivity index is 1.89. The highest BCUT2D eigenvalue weighted by molar-refractivity contribution is 7.92. The van der Waals surface area contributed by atoms with Crippen LogP contribution in [0.25, 0.3) is 0 Å². The molecule has 0 unspecified atom stereocenters. The van der Waals surface area contributed by atoms with Gasteiger partial charge in [-0.25, -0.2) is 13.2 Å². The third-order valence-electron chi connectivity index (χ3n) is 4.19. The van der Waals surface area contributed by atoms with Gasteiger partial charge in [0, 0.05) is 5.69 Å². The lowest BCUT2D eigenvalue weighted by Crippen LogP contribution is -2.13. The average molecular weight is 390 g/mol. The molecule has 6 heteroatoms. The number of unbranched alkanes of at least 4 members (excludes halogenated alkanes) is 4. The number of hydrogen-bond donors (Lipinski definition) is 1. The fraction of sp³-hybridized carbons (Fsp3) is 0.381. The predicted molar refractivity (Wildman–Crippen MR) is 107 cm³/mol. The summed E-state index contributed by atoms with van der Waals surface area (Å²) in [6.07, 6.45) is 5.46. The van der Waals surface area contributed by atoms with E-state index in [0.29, 0.717) is 17.9 Å². The number of carbonyl (C=O) groups excluding carboxylic acids is 1. The van der Waals surface area contributed by atoms with E-state index in [4.69, 9.17) is 4.74 Å². The van der Waals surface area contributed by atoms with Crippen molar-refractivity contribution in [2.24, 2.45) is 0 Å². The summed E-state index contributed by atoms with van der Waals surface area (Å²) in [6, 6.07) is 12.9. The molecule has 146 valence electrons. The third-order valence-corrected chi connectivity index (χ3v) is 5.58. The van der Waals surface area contributed by atoms with Crippen molar-refractivity contribution in [3.63, 3.8) is 0 Å². The number of aryl methyl sites for hydroxylation is 1. The molecule has 0 aromatic heterocycles. The van der Waals surface area contributed by atoms with Crippen LogP contribution in [0.4, 0.5) is 5.69 Å². The zero-order valence-corrected chi connectivity index (χ0v) is 16.7. The Morgan fingerprint density at radius 3 is 2.19 bits per heavy atom. The van der Waals surface area contributed by atoms with Gasteiger partial charge in [0.25, 0.3) is 10.0 Å². The van der Waals surface area contributed by atoms with Crippen LogP contribution in [0.3, 0.4) is 0 Å². The SMILES string of the molecule is CCCCCCCOC(=O)c1ccc(NS(=O)(=O)c2ccc(C)cc2)cc1. The fourth-order valence-electron chi connectivity index (χ4n) is 2.56. The Labute approximate surface area is 161 Å². The van der Waals surface area contributed by atoms with E-state index in [1.165, 1.54) is 12.8 Å². The zero-order chi connectivity index (χ0) is 19.7. The molecule has 0 amide bonds. The first-order chi connectivity index (χ1) is 12.9. The Morgan fingerprint density at radius 2 is 1.56 bits per heavy atom. The number of hydrogen-bond acceptors (Lipinski definition) is 4. The second-order valence-corrected chi connectivity index (χ2v) is 8.23. The maximum Gasteiger partial charge on any atom is 0.338 e. The molecule has 0 radical (unpaired) electrons. The van der Waals surface area contributed by atoms with Crippen molar-refractivity contribution in [1.29, 1.82) is 0 Å². The van der Waals surface area contributed by atoms with Crippen LogP contribution >= 0.6 is 0 Å². The van der Waals surface area contributed by atoms with Gasteiger partial charge >= 0.3 is 5.97 Å². The summed E-state index contributed by atoms with van der Waals surface area (Å²) < 4.78 is 32.5. The lowest BCUT2D eigenvalue weighted by molar-refractivity contribution is 0.0497. The average Bonchev–Trinajstić information content (AvgIpc) is 2.65. The molecule has 2 aromatic carbocycles. The second-order valence-electron chi connectivity index (χ2n) is 6.55. The van der Waals surface area contributed by atoms with Crippen molar-refractivity contribution in [3.8, 4) is 0 Å². The fourth-order valence-corrected chi connectivity index (χ4v) is 3.62. The van der Waals surface area contributed by atoms with Gasteiger partial charge in [0.15, 0.2) is 0 Å². The predicted octanol–water partition coefficient (Wildman–Crippen LogP) is 4.92. The van der Waals surface area contributed by atoms with Crippen LogP contribution in [-0.4, -0.2) is 21.0 Å². The molecule has 0 atom stereocenters. The Kier molecular flexibility index (Phi) is 7.85. The molecule has 0 spiro atoms. The van der Waals surface area contributed by atoms with E-state index in [-0.39, 0.29) is 4.90 Å². The summed E-state index contributed by atoms with van der Waals surface area (Å²) in [6.45, 7) is 4.46. The lowest BCUT2D eigenvalue weighted by Gasteiger charge is -2.09. The van der Waals surface area contributed by atoms with E-state index in [9.17, 15) is 13.2 Å². The zero-order valence-electron chi connectivity index (χ0n) is 15.9. The maximum absolute atomic E-state index is 12.4. The van der Waals surface area contributed by atoms with Crippen molar-refractivity contribution in [2.45, 2.75) is 50.8 Å². The normalized spacial score (nSPS) is 11.2. The van der Waals surface area contributed by atoms with Crippen LogP contribution in [0, 0.1) is 6.92 Å². The van der Waals surface area contributed by atoms with Crippen LogP contribution in [0.1, 0.15) is 54.9 Å². The molecule has 0 bridgehead atoms. The van der Waals surface area contributed by atoms with E-state index in [1.54, 1.807) is 48.5 Å². The van der Waals surface area contributed by atoms with Crippen LogP contribution in [0.5, 0.6) is 0 Å². The number of rotatable bonds is 10. The Bertz CT molecular complexity index is 827.